The van der Waals surface area contributed by atoms with E-state index < -0.39 is 30.4 Å². The minimum absolute atomic E-state index is 0.0236. The lowest BCUT2D eigenvalue weighted by Crippen LogP contribution is -2.53. The first-order valence-electron chi connectivity index (χ1n) is 6.61. The summed E-state index contributed by atoms with van der Waals surface area (Å²) >= 11 is 0. The van der Waals surface area contributed by atoms with Gasteiger partial charge in [-0.1, -0.05) is 30.3 Å². The van der Waals surface area contributed by atoms with Crippen molar-refractivity contribution >= 4 is 12.0 Å². The predicted molar refractivity (Wildman–Crippen MR) is 74.2 cm³/mol. The lowest BCUT2D eigenvalue weighted by molar-refractivity contribution is -0.222. The Morgan fingerprint density at radius 2 is 1.78 bits per heavy atom. The van der Waals surface area contributed by atoms with Gasteiger partial charge in [0.25, 0.3) is 0 Å². The van der Waals surface area contributed by atoms with Crippen LogP contribution >= 0.6 is 0 Å². The third kappa shape index (κ3) is 6.55. The molecule has 23 heavy (non-hydrogen) atoms. The highest BCUT2D eigenvalue weighted by Crippen LogP contribution is 2.20. The maximum atomic E-state index is 12.5. The molecule has 128 valence electrons. The van der Waals surface area contributed by atoms with Crippen LogP contribution in [0.4, 0.5) is 18.0 Å². The Kier molecular flexibility index (Phi) is 6.83. The third-order valence-corrected chi connectivity index (χ3v) is 2.75. The molecule has 0 bridgehead atoms. The van der Waals surface area contributed by atoms with Gasteiger partial charge in [0.15, 0.2) is 0 Å². The van der Waals surface area contributed by atoms with E-state index in [2.05, 4.69) is 10.1 Å². The maximum Gasteiger partial charge on any atom is 0.433 e. The predicted octanol–water partition coefficient (Wildman–Crippen LogP) is 1.95. The molecule has 2 N–H and O–H groups in total. The van der Waals surface area contributed by atoms with Gasteiger partial charge in [-0.15, -0.1) is 0 Å². The molecule has 0 aliphatic heterocycles. The molecule has 1 aromatic rings. The lowest BCUT2D eigenvalue weighted by atomic mass is 10.2. The zero-order valence-corrected chi connectivity index (χ0v) is 12.5. The largest absolute Gasteiger partial charge is 0.445 e. The topological polar surface area (TPSA) is 76.7 Å². The summed E-state index contributed by atoms with van der Waals surface area (Å²) in [6.45, 7) is 1.20. The zero-order valence-electron chi connectivity index (χ0n) is 12.5. The van der Waals surface area contributed by atoms with E-state index in [0.29, 0.717) is 0 Å². The van der Waals surface area contributed by atoms with Gasteiger partial charge >= 0.3 is 12.3 Å². The SMILES string of the molecule is CO[C@@H](NC(=O)[C@@H](C)NC(=O)OCc1ccccc1)C(F)(F)F. The smallest absolute Gasteiger partial charge is 0.433 e. The number of carbonyl (C=O) groups excluding carboxylic acids is 2. The van der Waals surface area contributed by atoms with Gasteiger partial charge in [-0.2, -0.15) is 13.2 Å². The van der Waals surface area contributed by atoms with E-state index in [0.717, 1.165) is 12.7 Å². The summed E-state index contributed by atoms with van der Waals surface area (Å²) in [5.41, 5.74) is 0.733. The first kappa shape index (κ1) is 18.8. The van der Waals surface area contributed by atoms with E-state index in [1.54, 1.807) is 35.6 Å². The van der Waals surface area contributed by atoms with E-state index in [4.69, 9.17) is 4.74 Å². The van der Waals surface area contributed by atoms with Crippen LogP contribution in [0.15, 0.2) is 30.3 Å². The number of ether oxygens (including phenoxy) is 2. The van der Waals surface area contributed by atoms with Crippen molar-refractivity contribution in [2.75, 3.05) is 7.11 Å². The van der Waals surface area contributed by atoms with Gasteiger partial charge in [-0.05, 0) is 12.5 Å². The van der Waals surface area contributed by atoms with Crippen molar-refractivity contribution in [2.24, 2.45) is 0 Å². The van der Waals surface area contributed by atoms with Crippen molar-refractivity contribution in [1.82, 2.24) is 10.6 Å². The summed E-state index contributed by atoms with van der Waals surface area (Å²) in [6.07, 6.45) is -8.12. The lowest BCUT2D eigenvalue weighted by Gasteiger charge is -2.22. The molecule has 0 spiro atoms. The first-order valence-corrected chi connectivity index (χ1v) is 6.61. The number of halogens is 3. The molecule has 0 unspecified atom stereocenters. The number of benzene rings is 1. The van der Waals surface area contributed by atoms with Gasteiger partial charge in [0.05, 0.1) is 0 Å². The van der Waals surface area contributed by atoms with Crippen molar-refractivity contribution in [3.63, 3.8) is 0 Å². The van der Waals surface area contributed by atoms with E-state index in [1.807, 2.05) is 0 Å². The van der Waals surface area contributed by atoms with Gasteiger partial charge in [0.2, 0.25) is 12.1 Å². The monoisotopic (exact) mass is 334 g/mol. The number of methoxy groups -OCH3 is 1. The van der Waals surface area contributed by atoms with Crippen LogP contribution < -0.4 is 10.6 Å². The Morgan fingerprint density at radius 3 is 2.30 bits per heavy atom. The summed E-state index contributed by atoms with van der Waals surface area (Å²) in [7, 11) is 0.810. The van der Waals surface area contributed by atoms with Crippen LogP contribution in [0.1, 0.15) is 12.5 Å². The minimum atomic E-state index is -4.75. The molecule has 9 heteroatoms. The van der Waals surface area contributed by atoms with Crippen molar-refractivity contribution in [3.8, 4) is 0 Å². The Labute approximate surface area is 130 Å². The summed E-state index contributed by atoms with van der Waals surface area (Å²) < 4.78 is 46.4. The molecule has 1 aromatic carbocycles. The highest BCUT2D eigenvalue weighted by Gasteiger charge is 2.41. The molecule has 0 aliphatic rings. The normalized spacial score (nSPS) is 13.8. The fourth-order valence-corrected chi connectivity index (χ4v) is 1.54. The van der Waals surface area contributed by atoms with Crippen LogP contribution in [0.5, 0.6) is 0 Å². The fourth-order valence-electron chi connectivity index (χ4n) is 1.54. The van der Waals surface area contributed by atoms with E-state index in [-0.39, 0.29) is 6.61 Å². The van der Waals surface area contributed by atoms with E-state index in [9.17, 15) is 22.8 Å². The average molecular weight is 334 g/mol. The van der Waals surface area contributed by atoms with Crippen LogP contribution in [-0.4, -0.2) is 37.6 Å². The van der Waals surface area contributed by atoms with Crippen molar-refractivity contribution in [2.45, 2.75) is 32.0 Å². The fraction of sp³-hybridized carbons (Fsp3) is 0.429. The molecule has 0 heterocycles. The first-order chi connectivity index (χ1) is 10.7. The zero-order chi connectivity index (χ0) is 17.5. The molecule has 2 atom stereocenters. The van der Waals surface area contributed by atoms with Gasteiger partial charge in [0, 0.05) is 7.11 Å². The molecule has 0 saturated heterocycles. The van der Waals surface area contributed by atoms with Crippen molar-refractivity contribution in [3.05, 3.63) is 35.9 Å². The van der Waals surface area contributed by atoms with Crippen LogP contribution in [0, 0.1) is 0 Å². The number of rotatable bonds is 6. The summed E-state index contributed by atoms with van der Waals surface area (Å²) in [5, 5.41) is 3.76. The van der Waals surface area contributed by atoms with Gasteiger partial charge in [-0.25, -0.2) is 4.79 Å². The molecule has 2 amide bonds. The molecular formula is C14H17F3N2O4. The minimum Gasteiger partial charge on any atom is -0.445 e. The standard InChI is InChI=1S/C14H17F3N2O4/c1-9(11(20)19-12(22-2)14(15,16)17)18-13(21)23-8-10-6-4-3-5-7-10/h3-7,9,12H,8H2,1-2H3,(H,18,21)(H,19,20)/t9-,12-/m1/s1. The van der Waals surface area contributed by atoms with Crippen LogP contribution in [-0.2, 0) is 20.9 Å². The second-order valence-corrected chi connectivity index (χ2v) is 4.59. The quantitative estimate of drug-likeness (QED) is 0.780. The van der Waals surface area contributed by atoms with Crippen LogP contribution in [0.2, 0.25) is 0 Å². The molecule has 0 fully saturated rings. The highest BCUT2D eigenvalue weighted by molar-refractivity contribution is 5.85. The molecule has 0 saturated carbocycles. The van der Waals surface area contributed by atoms with Gasteiger partial charge in [0.1, 0.15) is 12.6 Å². The third-order valence-electron chi connectivity index (χ3n) is 2.75. The number of hydrogen-bond donors (Lipinski definition) is 2. The molecular weight excluding hydrogens is 317 g/mol. The van der Waals surface area contributed by atoms with Crippen molar-refractivity contribution in [1.29, 1.82) is 0 Å². The number of carbonyl (C=O) groups is 2. The number of hydrogen-bond acceptors (Lipinski definition) is 4. The summed E-state index contributed by atoms with van der Waals surface area (Å²) in [4.78, 5) is 23.1. The highest BCUT2D eigenvalue weighted by atomic mass is 19.4. The Bertz CT molecular complexity index is 523. The van der Waals surface area contributed by atoms with Crippen LogP contribution in [0.25, 0.3) is 0 Å². The summed E-state index contributed by atoms with van der Waals surface area (Å²) in [5.74, 6) is -1.05. The average Bonchev–Trinajstić information content (AvgIpc) is 2.50. The van der Waals surface area contributed by atoms with E-state index in [1.165, 1.54) is 6.92 Å². The number of nitrogens with one attached hydrogen (secondary N) is 2. The second kappa shape index (κ2) is 8.37. The van der Waals surface area contributed by atoms with Gasteiger partial charge in [-0.3, -0.25) is 4.79 Å². The Balaban J connectivity index is 2.43. The van der Waals surface area contributed by atoms with Gasteiger partial charge < -0.3 is 20.1 Å². The molecule has 1 rings (SSSR count). The summed E-state index contributed by atoms with van der Waals surface area (Å²) in [6, 6.07) is 7.55. The van der Waals surface area contributed by atoms with E-state index >= 15 is 0 Å². The maximum absolute atomic E-state index is 12.5. The Morgan fingerprint density at radius 1 is 1.17 bits per heavy atom. The molecule has 6 nitrogen and oxygen atoms in total. The van der Waals surface area contributed by atoms with Crippen molar-refractivity contribution < 1.29 is 32.2 Å². The van der Waals surface area contributed by atoms with Crippen LogP contribution in [0.3, 0.4) is 0 Å². The number of amides is 2. The molecule has 0 aromatic heterocycles. The molecule has 0 radical (unpaired) electrons. The number of alkyl halides is 3. The molecule has 0 aliphatic carbocycles. The Hall–Kier alpha value is -2.29. The second-order valence-electron chi connectivity index (χ2n) is 4.59. The number of alkyl carbamates (subject to hydrolysis) is 1.